The molecule has 204 valence electrons. The first-order chi connectivity index (χ1) is 18.8. The molecule has 0 saturated carbocycles. The molecule has 1 unspecified atom stereocenters. The van der Waals surface area contributed by atoms with Crippen molar-refractivity contribution in [2.75, 3.05) is 26.9 Å². The molecule has 39 heavy (non-hydrogen) atoms. The van der Waals surface area contributed by atoms with E-state index in [9.17, 15) is 14.7 Å². The number of carbonyl (C=O) groups excluding carboxylic acids is 2. The highest BCUT2D eigenvalue weighted by Crippen LogP contribution is 2.40. The largest absolute Gasteiger partial charge is 0.507 e. The Morgan fingerprint density at radius 3 is 2.21 bits per heavy atom. The Morgan fingerprint density at radius 2 is 1.56 bits per heavy atom. The van der Waals surface area contributed by atoms with Crippen molar-refractivity contribution in [2.45, 2.75) is 33.4 Å². The molecule has 1 aliphatic rings. The summed E-state index contributed by atoms with van der Waals surface area (Å²) in [5.41, 5.74) is 3.40. The van der Waals surface area contributed by atoms with Crippen LogP contribution in [0.25, 0.3) is 5.76 Å². The van der Waals surface area contributed by atoms with Crippen LogP contribution in [-0.2, 0) is 20.9 Å². The van der Waals surface area contributed by atoms with E-state index < -0.39 is 17.7 Å². The van der Waals surface area contributed by atoms with Crippen molar-refractivity contribution >= 4 is 17.4 Å². The molecule has 1 heterocycles. The Labute approximate surface area is 229 Å². The van der Waals surface area contributed by atoms with Gasteiger partial charge in [0.15, 0.2) is 0 Å². The Bertz CT molecular complexity index is 1330. The highest BCUT2D eigenvalue weighted by molar-refractivity contribution is 6.46. The second-order valence-electron chi connectivity index (χ2n) is 10.00. The molecule has 1 fully saturated rings. The van der Waals surface area contributed by atoms with Crippen molar-refractivity contribution in [3.05, 3.63) is 101 Å². The van der Waals surface area contributed by atoms with Gasteiger partial charge in [-0.05, 0) is 65.9 Å². The summed E-state index contributed by atoms with van der Waals surface area (Å²) in [6.07, 6.45) is 0. The van der Waals surface area contributed by atoms with Crippen LogP contribution in [0, 0.1) is 12.8 Å². The lowest BCUT2D eigenvalue weighted by Crippen LogP contribution is -2.32. The van der Waals surface area contributed by atoms with Gasteiger partial charge in [-0.3, -0.25) is 9.59 Å². The predicted molar refractivity (Wildman–Crippen MR) is 150 cm³/mol. The van der Waals surface area contributed by atoms with E-state index in [1.807, 2.05) is 55.5 Å². The van der Waals surface area contributed by atoms with Gasteiger partial charge in [-0.2, -0.15) is 0 Å². The van der Waals surface area contributed by atoms with Crippen LogP contribution in [0.15, 0.2) is 78.4 Å². The summed E-state index contributed by atoms with van der Waals surface area (Å²) >= 11 is 0. The molecule has 3 aromatic carbocycles. The number of ketones is 1. The molecule has 7 heteroatoms. The number of methoxy groups -OCH3 is 1. The molecular formula is C32H35NO6. The number of nitrogens with zero attached hydrogens (tertiary/aromatic N) is 1. The number of benzene rings is 3. The zero-order valence-electron chi connectivity index (χ0n) is 22.8. The van der Waals surface area contributed by atoms with Crippen LogP contribution in [-0.4, -0.2) is 48.6 Å². The van der Waals surface area contributed by atoms with E-state index in [1.165, 1.54) is 12.0 Å². The molecular weight excluding hydrogens is 494 g/mol. The fraction of sp³-hybridized carbons (Fsp3) is 0.312. The SMILES string of the molecule is COCCN1C(=O)C(=O)/C(=C(\O)c2ccc(OCC(C)C)cc2)C1c1ccc(OCc2ccccc2C)cc1. The number of hydrogen-bond donors (Lipinski definition) is 1. The van der Waals surface area contributed by atoms with Gasteiger partial charge < -0.3 is 24.2 Å². The molecule has 3 aromatic rings. The quantitative estimate of drug-likeness (QED) is 0.196. The molecule has 7 nitrogen and oxygen atoms in total. The molecule has 0 spiro atoms. The number of amides is 1. The van der Waals surface area contributed by atoms with Gasteiger partial charge in [0, 0.05) is 19.2 Å². The van der Waals surface area contributed by atoms with E-state index in [0.29, 0.717) is 41.8 Å². The number of carbonyl (C=O) groups is 2. The number of Topliss-reactive ketones (excluding diaryl/α,β-unsaturated/α-hetero) is 1. The summed E-state index contributed by atoms with van der Waals surface area (Å²) in [6.45, 7) is 7.61. The molecule has 1 aliphatic heterocycles. The zero-order chi connectivity index (χ0) is 27.9. The van der Waals surface area contributed by atoms with Crippen LogP contribution in [0.1, 0.15) is 42.1 Å². The van der Waals surface area contributed by atoms with Crippen LogP contribution < -0.4 is 9.47 Å². The van der Waals surface area contributed by atoms with Crippen molar-refractivity contribution in [1.29, 1.82) is 0 Å². The maximum absolute atomic E-state index is 13.2. The lowest BCUT2D eigenvalue weighted by atomic mass is 9.95. The summed E-state index contributed by atoms with van der Waals surface area (Å²) in [4.78, 5) is 27.7. The minimum atomic E-state index is -0.762. The molecule has 1 N–H and O–H groups in total. The number of aliphatic hydroxyl groups excluding tert-OH is 1. The molecule has 4 rings (SSSR count). The second kappa shape index (κ2) is 12.6. The number of likely N-dealkylation sites (tertiary alicyclic amines) is 1. The minimum absolute atomic E-state index is 0.0422. The third-order valence-corrected chi connectivity index (χ3v) is 6.64. The average molecular weight is 530 g/mol. The van der Waals surface area contributed by atoms with E-state index in [2.05, 4.69) is 13.8 Å². The summed E-state index contributed by atoms with van der Waals surface area (Å²) in [5.74, 6) is 0.0735. The van der Waals surface area contributed by atoms with E-state index in [0.717, 1.165) is 11.1 Å². The van der Waals surface area contributed by atoms with Crippen LogP contribution in [0.5, 0.6) is 11.5 Å². The topological polar surface area (TPSA) is 85.3 Å². The molecule has 0 radical (unpaired) electrons. The fourth-order valence-corrected chi connectivity index (χ4v) is 4.45. The van der Waals surface area contributed by atoms with Gasteiger partial charge in [0.2, 0.25) is 0 Å². The van der Waals surface area contributed by atoms with E-state index in [4.69, 9.17) is 14.2 Å². The lowest BCUT2D eigenvalue weighted by molar-refractivity contribution is -0.140. The van der Waals surface area contributed by atoms with E-state index in [-0.39, 0.29) is 24.5 Å². The molecule has 0 bridgehead atoms. The Balaban J connectivity index is 1.63. The fourth-order valence-electron chi connectivity index (χ4n) is 4.45. The molecule has 0 aromatic heterocycles. The minimum Gasteiger partial charge on any atom is -0.507 e. The van der Waals surface area contributed by atoms with Crippen molar-refractivity contribution in [1.82, 2.24) is 4.90 Å². The van der Waals surface area contributed by atoms with Crippen LogP contribution in [0.4, 0.5) is 0 Å². The third-order valence-electron chi connectivity index (χ3n) is 6.64. The lowest BCUT2D eigenvalue weighted by Gasteiger charge is -2.25. The molecule has 1 atom stereocenters. The second-order valence-corrected chi connectivity index (χ2v) is 10.00. The highest BCUT2D eigenvalue weighted by atomic mass is 16.5. The first-order valence-corrected chi connectivity index (χ1v) is 13.1. The Morgan fingerprint density at radius 1 is 0.923 bits per heavy atom. The molecule has 0 aliphatic carbocycles. The van der Waals surface area contributed by atoms with Gasteiger partial charge in [-0.25, -0.2) is 0 Å². The number of aliphatic hydroxyl groups is 1. The van der Waals surface area contributed by atoms with Gasteiger partial charge in [0.1, 0.15) is 23.9 Å². The summed E-state index contributed by atoms with van der Waals surface area (Å²) in [7, 11) is 1.54. The van der Waals surface area contributed by atoms with Crippen molar-refractivity contribution in [2.24, 2.45) is 5.92 Å². The van der Waals surface area contributed by atoms with Crippen molar-refractivity contribution in [3.63, 3.8) is 0 Å². The zero-order valence-corrected chi connectivity index (χ0v) is 22.8. The number of rotatable bonds is 11. The summed E-state index contributed by atoms with van der Waals surface area (Å²) in [5, 5.41) is 11.3. The van der Waals surface area contributed by atoms with Gasteiger partial charge in [0.05, 0.1) is 24.8 Å². The number of aryl methyl sites for hydroxylation is 1. The monoisotopic (exact) mass is 529 g/mol. The summed E-state index contributed by atoms with van der Waals surface area (Å²) in [6, 6.07) is 21.4. The van der Waals surface area contributed by atoms with E-state index in [1.54, 1.807) is 24.3 Å². The van der Waals surface area contributed by atoms with Gasteiger partial charge in [0.25, 0.3) is 11.7 Å². The van der Waals surface area contributed by atoms with Crippen molar-refractivity contribution < 1.29 is 28.9 Å². The van der Waals surface area contributed by atoms with Crippen LogP contribution in [0.2, 0.25) is 0 Å². The van der Waals surface area contributed by atoms with Gasteiger partial charge >= 0.3 is 0 Å². The first-order valence-electron chi connectivity index (χ1n) is 13.1. The molecule has 1 amide bonds. The van der Waals surface area contributed by atoms with Gasteiger partial charge in [-0.1, -0.05) is 50.2 Å². The summed E-state index contributed by atoms with van der Waals surface area (Å²) < 4.78 is 16.9. The van der Waals surface area contributed by atoms with Crippen LogP contribution >= 0.6 is 0 Å². The molecule has 1 saturated heterocycles. The predicted octanol–water partition coefficient (Wildman–Crippen LogP) is 5.68. The Kier molecular flexibility index (Phi) is 9.04. The normalized spacial score (nSPS) is 16.6. The smallest absolute Gasteiger partial charge is 0.295 e. The number of ether oxygens (including phenoxy) is 3. The average Bonchev–Trinajstić information content (AvgIpc) is 3.19. The first kappa shape index (κ1) is 27.9. The van der Waals surface area contributed by atoms with Crippen molar-refractivity contribution in [3.8, 4) is 11.5 Å². The van der Waals surface area contributed by atoms with Crippen LogP contribution in [0.3, 0.4) is 0 Å². The van der Waals surface area contributed by atoms with Gasteiger partial charge in [-0.15, -0.1) is 0 Å². The number of hydrogen-bond acceptors (Lipinski definition) is 6. The Hall–Kier alpha value is -4.10. The third kappa shape index (κ3) is 6.49. The standard InChI is InChI=1S/C32H35NO6/c1-21(2)19-38-26-15-11-24(12-16-26)30(34)28-29(33(17-18-37-4)32(36)31(28)35)23-9-13-27(14-10-23)39-20-25-8-6-5-7-22(25)3/h5-16,21,29,34H,17-20H2,1-4H3/b30-28-. The maximum atomic E-state index is 13.2. The highest BCUT2D eigenvalue weighted by Gasteiger charge is 2.45. The van der Waals surface area contributed by atoms with E-state index >= 15 is 0 Å². The maximum Gasteiger partial charge on any atom is 0.295 e.